The molecule has 170 valence electrons. The highest BCUT2D eigenvalue weighted by Gasteiger charge is 2.09. The van der Waals surface area contributed by atoms with Crippen molar-refractivity contribution in [2.24, 2.45) is 0 Å². The summed E-state index contributed by atoms with van der Waals surface area (Å²) in [6.07, 6.45) is 2.19. The van der Waals surface area contributed by atoms with Crippen LogP contribution in [0.1, 0.15) is 70.4 Å². The summed E-state index contributed by atoms with van der Waals surface area (Å²) < 4.78 is 11.7. The van der Waals surface area contributed by atoms with Gasteiger partial charge in [0.25, 0.3) is 0 Å². The summed E-state index contributed by atoms with van der Waals surface area (Å²) >= 11 is 0. The van der Waals surface area contributed by atoms with E-state index < -0.39 is 0 Å². The predicted octanol–water partition coefficient (Wildman–Crippen LogP) is 7.89. The quantitative estimate of drug-likeness (QED) is 0.299. The molecular weight excluding hydrogens is 400 g/mol. The Balaban J connectivity index is 0.000000789. The molecule has 0 atom stereocenters. The number of Topliss-reactive ketones (excluding diaryl/α,β-unsaturated/α-hetero) is 1. The Hall–Kier alpha value is -3.47. The van der Waals surface area contributed by atoms with Crippen LogP contribution in [0.5, 0.6) is 11.5 Å². The normalized spacial score (nSPS) is 9.34. The van der Waals surface area contributed by atoms with Crippen LogP contribution in [-0.4, -0.2) is 15.8 Å². The summed E-state index contributed by atoms with van der Waals surface area (Å²) in [5, 5.41) is 0. The molecule has 2 heterocycles. The second kappa shape index (κ2) is 14.5. The van der Waals surface area contributed by atoms with Crippen LogP contribution in [0.15, 0.2) is 71.3 Å². The van der Waals surface area contributed by atoms with E-state index in [1.165, 1.54) is 6.92 Å². The molecule has 0 aliphatic carbocycles. The fourth-order valence-corrected chi connectivity index (χ4v) is 2.67. The zero-order valence-corrected chi connectivity index (χ0v) is 20.2. The van der Waals surface area contributed by atoms with Gasteiger partial charge in [0, 0.05) is 31.7 Å². The van der Waals surface area contributed by atoms with E-state index in [4.69, 9.17) is 9.15 Å². The summed E-state index contributed by atoms with van der Waals surface area (Å²) in [5.41, 5.74) is 2.95. The molecular formula is C27H34N2O3. The van der Waals surface area contributed by atoms with Crippen molar-refractivity contribution in [2.75, 3.05) is 0 Å². The van der Waals surface area contributed by atoms with E-state index >= 15 is 0 Å². The third kappa shape index (κ3) is 7.65. The Morgan fingerprint density at radius 2 is 1.53 bits per heavy atom. The van der Waals surface area contributed by atoms with Crippen molar-refractivity contribution in [1.29, 1.82) is 0 Å². The van der Waals surface area contributed by atoms with Crippen molar-refractivity contribution in [2.45, 2.75) is 54.9 Å². The predicted molar refractivity (Wildman–Crippen MR) is 132 cm³/mol. The molecule has 2 aromatic carbocycles. The summed E-state index contributed by atoms with van der Waals surface area (Å²) in [4.78, 5) is 20.0. The molecule has 5 nitrogen and oxygen atoms in total. The Labute approximate surface area is 191 Å². The van der Waals surface area contributed by atoms with Gasteiger partial charge in [-0.2, -0.15) is 0 Å². The van der Waals surface area contributed by atoms with Gasteiger partial charge in [0.1, 0.15) is 22.7 Å². The second-order valence-corrected chi connectivity index (χ2v) is 5.93. The van der Waals surface area contributed by atoms with E-state index in [1.54, 1.807) is 24.4 Å². The van der Waals surface area contributed by atoms with Gasteiger partial charge in [-0.05, 0) is 23.8 Å². The standard InChI is InChI=1S/C21H16N2O3.3C2H6/c1-14(24)19-12-17(9-10-22-19)25-16-7-8-18-20(13-16)26-21(23-18)11-15-5-3-2-4-6-15;3*1-2/h2-10,12-13H,11H2,1H3;3*1-2H3. The molecule has 0 fully saturated rings. The van der Waals surface area contributed by atoms with E-state index in [1.807, 2.05) is 84.0 Å². The molecule has 0 unspecified atom stereocenters. The molecule has 0 N–H and O–H groups in total. The number of oxazole rings is 1. The first-order valence-electron chi connectivity index (χ1n) is 11.3. The van der Waals surface area contributed by atoms with E-state index in [0.717, 1.165) is 11.1 Å². The first-order chi connectivity index (χ1) is 15.7. The van der Waals surface area contributed by atoms with Gasteiger partial charge in [-0.15, -0.1) is 0 Å². The molecule has 0 saturated heterocycles. The fourth-order valence-electron chi connectivity index (χ4n) is 2.67. The minimum Gasteiger partial charge on any atom is -0.457 e. The average Bonchev–Trinajstić information content (AvgIpc) is 3.25. The zero-order chi connectivity index (χ0) is 23.9. The molecule has 0 saturated carbocycles. The Morgan fingerprint density at radius 3 is 2.19 bits per heavy atom. The molecule has 0 spiro atoms. The Bertz CT molecular complexity index is 1070. The molecule has 32 heavy (non-hydrogen) atoms. The van der Waals surface area contributed by atoms with Gasteiger partial charge >= 0.3 is 0 Å². The van der Waals surface area contributed by atoms with Crippen LogP contribution in [0.2, 0.25) is 0 Å². The van der Waals surface area contributed by atoms with E-state index in [-0.39, 0.29) is 5.78 Å². The summed E-state index contributed by atoms with van der Waals surface area (Å²) in [7, 11) is 0. The molecule has 0 amide bonds. The maximum atomic E-state index is 11.4. The first kappa shape index (κ1) is 26.6. The molecule has 4 aromatic rings. The van der Waals surface area contributed by atoms with Gasteiger partial charge in [-0.25, -0.2) is 4.98 Å². The largest absolute Gasteiger partial charge is 0.457 e. The fraction of sp³-hybridized carbons (Fsp3) is 0.296. The van der Waals surface area contributed by atoms with Gasteiger partial charge in [-0.3, -0.25) is 9.78 Å². The van der Waals surface area contributed by atoms with Crippen LogP contribution in [0.25, 0.3) is 11.1 Å². The van der Waals surface area contributed by atoms with Crippen LogP contribution >= 0.6 is 0 Å². The van der Waals surface area contributed by atoms with E-state index in [0.29, 0.717) is 35.1 Å². The van der Waals surface area contributed by atoms with Gasteiger partial charge in [0.2, 0.25) is 0 Å². The number of aromatic nitrogens is 2. The van der Waals surface area contributed by atoms with Crippen LogP contribution < -0.4 is 4.74 Å². The van der Waals surface area contributed by atoms with Gasteiger partial charge in [0.05, 0.1) is 0 Å². The van der Waals surface area contributed by atoms with Crippen molar-refractivity contribution in [3.63, 3.8) is 0 Å². The number of pyridine rings is 1. The molecule has 0 bridgehead atoms. The highest BCUT2D eigenvalue weighted by atomic mass is 16.5. The van der Waals surface area contributed by atoms with Crippen molar-refractivity contribution < 1.29 is 13.9 Å². The average molecular weight is 435 g/mol. The smallest absolute Gasteiger partial charge is 0.199 e. The van der Waals surface area contributed by atoms with Gasteiger partial charge in [-0.1, -0.05) is 71.9 Å². The van der Waals surface area contributed by atoms with Crippen LogP contribution in [0.4, 0.5) is 0 Å². The maximum absolute atomic E-state index is 11.4. The van der Waals surface area contributed by atoms with E-state index in [9.17, 15) is 4.79 Å². The van der Waals surface area contributed by atoms with Gasteiger partial charge in [0.15, 0.2) is 17.3 Å². The summed E-state index contributed by atoms with van der Waals surface area (Å²) in [6.45, 7) is 13.5. The third-order valence-corrected chi connectivity index (χ3v) is 3.93. The number of ether oxygens (including phenoxy) is 1. The molecule has 0 aliphatic heterocycles. The highest BCUT2D eigenvalue weighted by molar-refractivity contribution is 5.92. The third-order valence-electron chi connectivity index (χ3n) is 3.93. The lowest BCUT2D eigenvalue weighted by molar-refractivity contribution is 0.101. The molecule has 0 aliphatic rings. The van der Waals surface area contributed by atoms with Crippen LogP contribution in [0, 0.1) is 0 Å². The van der Waals surface area contributed by atoms with Gasteiger partial charge < -0.3 is 9.15 Å². The lowest BCUT2D eigenvalue weighted by Crippen LogP contribution is -1.96. The molecule has 0 radical (unpaired) electrons. The lowest BCUT2D eigenvalue weighted by atomic mass is 10.1. The highest BCUT2D eigenvalue weighted by Crippen LogP contribution is 2.27. The van der Waals surface area contributed by atoms with Crippen molar-refractivity contribution in [3.8, 4) is 11.5 Å². The molecule has 4 rings (SSSR count). The number of hydrogen-bond acceptors (Lipinski definition) is 5. The number of benzene rings is 2. The molecule has 2 aromatic heterocycles. The SMILES string of the molecule is CC.CC.CC.CC(=O)c1cc(Oc2ccc3nc(Cc4ccccc4)oc3c2)ccn1. The second-order valence-electron chi connectivity index (χ2n) is 5.93. The first-order valence-corrected chi connectivity index (χ1v) is 11.3. The summed E-state index contributed by atoms with van der Waals surface area (Å²) in [5.74, 6) is 1.71. The number of ketones is 1. The topological polar surface area (TPSA) is 65.2 Å². The van der Waals surface area contributed by atoms with Crippen molar-refractivity contribution in [3.05, 3.63) is 84.0 Å². The minimum atomic E-state index is -0.105. The van der Waals surface area contributed by atoms with Crippen LogP contribution in [-0.2, 0) is 6.42 Å². The Kier molecular flexibility index (Phi) is 12.1. The maximum Gasteiger partial charge on any atom is 0.199 e. The minimum absolute atomic E-state index is 0.105. The van der Waals surface area contributed by atoms with E-state index in [2.05, 4.69) is 9.97 Å². The monoisotopic (exact) mass is 434 g/mol. The number of nitrogens with zero attached hydrogens (tertiary/aromatic N) is 2. The number of rotatable bonds is 5. The van der Waals surface area contributed by atoms with Crippen molar-refractivity contribution >= 4 is 16.9 Å². The number of fused-ring (bicyclic) bond motifs is 1. The number of carbonyl (C=O) groups excluding carboxylic acids is 1. The summed E-state index contributed by atoms with van der Waals surface area (Å²) in [6, 6.07) is 18.9. The van der Waals surface area contributed by atoms with Crippen LogP contribution in [0.3, 0.4) is 0 Å². The zero-order valence-electron chi connectivity index (χ0n) is 20.2. The number of carbonyl (C=O) groups is 1. The number of hydrogen-bond donors (Lipinski definition) is 0. The Morgan fingerprint density at radius 1 is 0.875 bits per heavy atom. The van der Waals surface area contributed by atoms with Crippen molar-refractivity contribution in [1.82, 2.24) is 9.97 Å². The lowest BCUT2D eigenvalue weighted by Gasteiger charge is -2.05. The molecule has 5 heteroatoms.